The number of ether oxygens (including phenoxy) is 3. The fourth-order valence-electron chi connectivity index (χ4n) is 6.84. The van der Waals surface area contributed by atoms with Crippen molar-refractivity contribution in [1.82, 2.24) is 14.8 Å². The molecule has 0 spiro atoms. The number of fused-ring (bicyclic) bond motifs is 2. The van der Waals surface area contributed by atoms with Crippen molar-refractivity contribution in [1.29, 1.82) is 0 Å². The predicted octanol–water partition coefficient (Wildman–Crippen LogP) is 5.53. The van der Waals surface area contributed by atoms with Crippen molar-refractivity contribution in [2.24, 2.45) is 24.6 Å². The Morgan fingerprint density at radius 3 is 2.64 bits per heavy atom. The first-order valence-electron chi connectivity index (χ1n) is 16.8. The monoisotopic (exact) mass is 720 g/mol. The molecule has 2 aromatic rings. The minimum atomic E-state index is -1.27. The van der Waals surface area contributed by atoms with Crippen LogP contribution in [0.1, 0.15) is 77.0 Å². The van der Waals surface area contributed by atoms with Gasteiger partial charge < -0.3 is 29.8 Å². The normalized spacial score (nSPS) is 21.2. The number of primary amides is 1. The number of nitrogens with one attached hydrogen (secondary N) is 1. The number of methoxy groups -OCH3 is 1. The zero-order chi connectivity index (χ0) is 36.2. The molecule has 2 bridgehead atoms. The number of esters is 1. The number of unbranched alkanes of at least 4 members (excludes halogenated alkanes) is 1. The Bertz CT molecular complexity index is 1770. The number of benzene rings is 1. The summed E-state index contributed by atoms with van der Waals surface area (Å²) in [5.41, 5.74) is 7.82. The third-order valence-electron chi connectivity index (χ3n) is 9.04. The van der Waals surface area contributed by atoms with E-state index in [1.54, 1.807) is 27.9 Å². The maximum absolute atomic E-state index is 13.7. The highest BCUT2D eigenvalue weighted by Gasteiger charge is 2.48. The Kier molecular flexibility index (Phi) is 11.6. The Labute approximate surface area is 302 Å². The van der Waals surface area contributed by atoms with Crippen LogP contribution in [0.4, 0.5) is 4.79 Å². The number of thioether (sulfide) groups is 1. The molecule has 4 atom stereocenters. The van der Waals surface area contributed by atoms with Gasteiger partial charge in [-0.25, -0.2) is 9.59 Å². The fraction of sp³-hybridized carbons (Fsp3) is 0.486. The molecular formula is C37H44N4O7S2. The number of nitrogens with zero attached hydrogens (tertiary/aromatic N) is 2. The Hall–Kier alpha value is -4.28. The molecule has 13 heteroatoms. The van der Waals surface area contributed by atoms with Gasteiger partial charge in [0.15, 0.2) is 0 Å². The van der Waals surface area contributed by atoms with E-state index in [4.69, 9.17) is 32.2 Å². The van der Waals surface area contributed by atoms with E-state index in [2.05, 4.69) is 17.2 Å². The third-order valence-corrected chi connectivity index (χ3v) is 10.4. The summed E-state index contributed by atoms with van der Waals surface area (Å²) in [6, 6.07) is 8.59. The number of hydrogen-bond acceptors (Lipinski definition) is 9. The van der Waals surface area contributed by atoms with Crippen LogP contribution in [0.25, 0.3) is 17.3 Å². The van der Waals surface area contributed by atoms with Crippen LogP contribution < -0.4 is 15.8 Å². The number of carbonyl (C=O) groups is 4. The van der Waals surface area contributed by atoms with Gasteiger partial charge in [0.1, 0.15) is 21.7 Å². The minimum absolute atomic E-state index is 0.0198. The van der Waals surface area contributed by atoms with Crippen LogP contribution >= 0.6 is 24.0 Å². The van der Waals surface area contributed by atoms with Gasteiger partial charge in [-0.15, -0.1) is 0 Å². The summed E-state index contributed by atoms with van der Waals surface area (Å²) in [6.45, 7) is 5.06. The first-order chi connectivity index (χ1) is 23.7. The van der Waals surface area contributed by atoms with Gasteiger partial charge in [0.05, 0.1) is 36.3 Å². The molecule has 1 aliphatic heterocycles. The fourth-order valence-corrected chi connectivity index (χ4v) is 8.20. The van der Waals surface area contributed by atoms with Gasteiger partial charge in [0.25, 0.3) is 5.91 Å². The van der Waals surface area contributed by atoms with Crippen LogP contribution in [0.2, 0.25) is 0 Å². The molecule has 3 fully saturated rings. The average molecular weight is 721 g/mol. The highest BCUT2D eigenvalue weighted by atomic mass is 32.2. The van der Waals surface area contributed by atoms with E-state index in [1.165, 1.54) is 31.0 Å². The molecule has 11 nitrogen and oxygen atoms in total. The predicted molar refractivity (Wildman–Crippen MR) is 196 cm³/mol. The summed E-state index contributed by atoms with van der Waals surface area (Å²) in [7, 11) is 3.56. The van der Waals surface area contributed by atoms with E-state index < -0.39 is 36.0 Å². The van der Waals surface area contributed by atoms with Crippen LogP contribution in [-0.2, 0) is 30.9 Å². The summed E-state index contributed by atoms with van der Waals surface area (Å²) < 4.78 is 18.6. The molecule has 2 aliphatic carbocycles. The number of amides is 3. The molecule has 5 rings (SSSR count). The van der Waals surface area contributed by atoms with Crippen molar-refractivity contribution in [3.05, 3.63) is 46.5 Å². The molecule has 3 amide bonds. The standard InChI is InChI=1S/C37H44N4O7S2/c1-37(2,3)48-35(45)39-28(21-31(38)42)34(44)47-15-8-6-7-10-24-18-26(40(4)32(24)25-11-9-12-27(19-25)46-5)20-30-33(43)41(36(49)50-30)29-17-22-13-14-23(29)16-22/h9,11-12,18-20,22-23,28-29H,6,8,13-17,21H2,1-5H3,(H2,38,42)(H,39,45)/b30-20-/t22?,23?,28-,29?/m0/s1. The molecule has 1 aromatic heterocycles. The minimum Gasteiger partial charge on any atom is -0.497 e. The second-order valence-electron chi connectivity index (χ2n) is 13.9. The topological polar surface area (TPSA) is 142 Å². The van der Waals surface area contributed by atoms with Crippen molar-refractivity contribution in [2.45, 2.75) is 83.4 Å². The molecule has 0 radical (unpaired) electrons. The van der Waals surface area contributed by atoms with E-state index >= 15 is 0 Å². The second-order valence-corrected chi connectivity index (χ2v) is 15.5. The van der Waals surface area contributed by atoms with Gasteiger partial charge >= 0.3 is 12.1 Å². The Morgan fingerprint density at radius 2 is 1.98 bits per heavy atom. The molecule has 2 heterocycles. The summed E-state index contributed by atoms with van der Waals surface area (Å²) in [6.07, 6.45) is 6.07. The highest BCUT2D eigenvalue weighted by Crippen LogP contribution is 2.49. The van der Waals surface area contributed by atoms with Crippen LogP contribution in [0.3, 0.4) is 0 Å². The number of rotatable bonds is 11. The van der Waals surface area contributed by atoms with Crippen LogP contribution in [0, 0.1) is 23.7 Å². The molecular weight excluding hydrogens is 677 g/mol. The zero-order valence-corrected chi connectivity index (χ0v) is 30.7. The average Bonchev–Trinajstić information content (AvgIpc) is 3.81. The van der Waals surface area contributed by atoms with Crippen molar-refractivity contribution in [2.75, 3.05) is 13.7 Å². The largest absolute Gasteiger partial charge is 0.497 e. The first-order valence-corrected chi connectivity index (χ1v) is 18.0. The van der Waals surface area contributed by atoms with Gasteiger partial charge in [-0.2, -0.15) is 0 Å². The molecule has 3 aliphatic rings. The SMILES string of the molecule is COc1cccc(-c2c(C#CCCCOC(=O)[C@H](CC(N)=O)NC(=O)OC(C)(C)C)cc(/C=C3\SC(=S)N(C4CC5CCC4C5)C3=O)n2C)c1. The summed E-state index contributed by atoms with van der Waals surface area (Å²) in [5, 5.41) is 2.36. The van der Waals surface area contributed by atoms with E-state index in [0.29, 0.717) is 39.7 Å². The smallest absolute Gasteiger partial charge is 0.408 e. The first kappa shape index (κ1) is 37.0. The van der Waals surface area contributed by atoms with Crippen molar-refractivity contribution in [3.8, 4) is 28.8 Å². The lowest BCUT2D eigenvalue weighted by Gasteiger charge is -2.30. The lowest BCUT2D eigenvalue weighted by Crippen LogP contribution is -2.46. The van der Waals surface area contributed by atoms with Crippen molar-refractivity contribution in [3.63, 3.8) is 0 Å². The number of nitrogens with two attached hydrogens (primary N) is 1. The lowest BCUT2D eigenvalue weighted by atomic mass is 9.94. The molecule has 266 valence electrons. The molecule has 1 aromatic carbocycles. The highest BCUT2D eigenvalue weighted by molar-refractivity contribution is 8.26. The van der Waals surface area contributed by atoms with Gasteiger partial charge in [-0.05, 0) is 82.6 Å². The van der Waals surface area contributed by atoms with E-state index in [1.807, 2.05) is 52.9 Å². The van der Waals surface area contributed by atoms with Crippen LogP contribution in [0.5, 0.6) is 5.75 Å². The van der Waals surface area contributed by atoms with Gasteiger partial charge in [0.2, 0.25) is 5.91 Å². The van der Waals surface area contributed by atoms with Gasteiger partial charge in [0, 0.05) is 30.8 Å². The third kappa shape index (κ3) is 8.89. The van der Waals surface area contributed by atoms with Crippen molar-refractivity contribution < 1.29 is 33.4 Å². The summed E-state index contributed by atoms with van der Waals surface area (Å²) in [5.74, 6) is 6.79. The van der Waals surface area contributed by atoms with E-state index in [0.717, 1.165) is 28.9 Å². The van der Waals surface area contributed by atoms with E-state index in [9.17, 15) is 19.2 Å². The molecule has 3 N–H and O–H groups in total. The molecule has 50 heavy (non-hydrogen) atoms. The lowest BCUT2D eigenvalue weighted by molar-refractivity contribution is -0.147. The molecule has 1 saturated heterocycles. The zero-order valence-electron chi connectivity index (χ0n) is 29.1. The Balaban J connectivity index is 1.29. The van der Waals surface area contributed by atoms with Crippen LogP contribution in [-0.4, -0.2) is 69.1 Å². The maximum atomic E-state index is 13.7. The molecule has 2 saturated carbocycles. The van der Waals surface area contributed by atoms with Crippen molar-refractivity contribution >= 4 is 58.3 Å². The summed E-state index contributed by atoms with van der Waals surface area (Å²) >= 11 is 7.08. The van der Waals surface area contributed by atoms with Gasteiger partial charge in [-0.3, -0.25) is 14.5 Å². The number of thiocarbonyl (C=S) groups is 1. The number of hydrogen-bond donors (Lipinski definition) is 2. The second kappa shape index (κ2) is 15.7. The maximum Gasteiger partial charge on any atom is 0.408 e. The molecule has 3 unspecified atom stereocenters. The number of carbonyl (C=O) groups excluding carboxylic acids is 4. The quantitative estimate of drug-likeness (QED) is 0.101. The van der Waals surface area contributed by atoms with Crippen LogP contribution in [0.15, 0.2) is 35.2 Å². The van der Waals surface area contributed by atoms with E-state index in [-0.39, 0.29) is 18.6 Å². The number of alkyl carbamates (subject to hydrolysis) is 1. The number of aromatic nitrogens is 1. The summed E-state index contributed by atoms with van der Waals surface area (Å²) in [4.78, 5) is 52.5. The Morgan fingerprint density at radius 1 is 1.20 bits per heavy atom. The van der Waals surface area contributed by atoms with Gasteiger partial charge in [-0.1, -0.05) is 54.4 Å².